The molecule has 21 heavy (non-hydrogen) atoms. The summed E-state index contributed by atoms with van der Waals surface area (Å²) in [5.74, 6) is -0.250. The standard InChI is InChI=1S/C15H14ClFN2O2/c1-21-12-5-6-13(17)14(8-12)18-9-15(20)19-11-4-2-3-10(16)7-11/h2-8,18H,9H2,1H3,(H,19,20). The van der Waals surface area contributed by atoms with E-state index < -0.39 is 5.82 Å². The molecule has 0 unspecified atom stereocenters. The van der Waals surface area contributed by atoms with Crippen LogP contribution in [0.4, 0.5) is 15.8 Å². The van der Waals surface area contributed by atoms with E-state index in [-0.39, 0.29) is 18.1 Å². The highest BCUT2D eigenvalue weighted by Gasteiger charge is 2.07. The average molecular weight is 309 g/mol. The molecule has 2 aromatic rings. The third-order valence-electron chi connectivity index (χ3n) is 2.72. The molecule has 0 aliphatic heterocycles. The van der Waals surface area contributed by atoms with Gasteiger partial charge in [0.25, 0.3) is 0 Å². The lowest BCUT2D eigenvalue weighted by Crippen LogP contribution is -2.22. The number of halogens is 2. The van der Waals surface area contributed by atoms with Crippen molar-refractivity contribution in [2.75, 3.05) is 24.3 Å². The van der Waals surface area contributed by atoms with E-state index >= 15 is 0 Å². The molecule has 110 valence electrons. The summed E-state index contributed by atoms with van der Waals surface area (Å²) >= 11 is 5.83. The van der Waals surface area contributed by atoms with Crippen molar-refractivity contribution in [3.05, 3.63) is 53.3 Å². The average Bonchev–Trinajstić information content (AvgIpc) is 2.46. The zero-order valence-electron chi connectivity index (χ0n) is 11.3. The molecule has 0 saturated heterocycles. The number of hydrogen-bond donors (Lipinski definition) is 2. The van der Waals surface area contributed by atoms with Crippen LogP contribution in [0, 0.1) is 5.82 Å². The molecule has 0 aromatic heterocycles. The third-order valence-corrected chi connectivity index (χ3v) is 2.96. The summed E-state index contributed by atoms with van der Waals surface area (Å²) in [7, 11) is 1.49. The number of rotatable bonds is 5. The van der Waals surface area contributed by atoms with Gasteiger partial charge in [0.1, 0.15) is 11.6 Å². The number of ether oxygens (including phenoxy) is 1. The van der Waals surface area contributed by atoms with Gasteiger partial charge in [-0.25, -0.2) is 4.39 Å². The Hall–Kier alpha value is -2.27. The number of anilines is 2. The molecule has 2 aromatic carbocycles. The highest BCUT2D eigenvalue weighted by atomic mass is 35.5. The summed E-state index contributed by atoms with van der Waals surface area (Å²) in [6.07, 6.45) is 0. The van der Waals surface area contributed by atoms with E-state index in [1.54, 1.807) is 24.3 Å². The smallest absolute Gasteiger partial charge is 0.243 e. The van der Waals surface area contributed by atoms with Crippen LogP contribution in [0.2, 0.25) is 5.02 Å². The second-order valence-electron chi connectivity index (χ2n) is 4.26. The first-order valence-corrected chi connectivity index (χ1v) is 6.59. The van der Waals surface area contributed by atoms with Gasteiger partial charge in [0.2, 0.25) is 5.91 Å². The van der Waals surface area contributed by atoms with E-state index in [4.69, 9.17) is 16.3 Å². The number of methoxy groups -OCH3 is 1. The van der Waals surface area contributed by atoms with Crippen LogP contribution < -0.4 is 15.4 Å². The number of hydrogen-bond acceptors (Lipinski definition) is 3. The summed E-state index contributed by atoms with van der Waals surface area (Å²) in [6, 6.07) is 11.1. The molecule has 0 radical (unpaired) electrons. The Bertz CT molecular complexity index is 649. The Morgan fingerprint density at radius 3 is 2.81 bits per heavy atom. The Morgan fingerprint density at radius 1 is 1.29 bits per heavy atom. The molecule has 0 atom stereocenters. The largest absolute Gasteiger partial charge is 0.497 e. The quantitative estimate of drug-likeness (QED) is 0.888. The number of carbonyl (C=O) groups is 1. The van der Waals surface area contributed by atoms with Gasteiger partial charge in [0, 0.05) is 16.8 Å². The van der Waals surface area contributed by atoms with E-state index in [9.17, 15) is 9.18 Å². The minimum Gasteiger partial charge on any atom is -0.497 e. The first kappa shape index (κ1) is 15.1. The Balaban J connectivity index is 1.95. The lowest BCUT2D eigenvalue weighted by Gasteiger charge is -2.10. The Kier molecular flexibility index (Phi) is 5.00. The van der Waals surface area contributed by atoms with Crippen molar-refractivity contribution in [2.24, 2.45) is 0 Å². The minimum atomic E-state index is -0.452. The highest BCUT2D eigenvalue weighted by molar-refractivity contribution is 6.30. The van der Waals surface area contributed by atoms with Crippen LogP contribution in [-0.2, 0) is 4.79 Å². The highest BCUT2D eigenvalue weighted by Crippen LogP contribution is 2.21. The molecule has 0 fully saturated rings. The van der Waals surface area contributed by atoms with Crippen LogP contribution in [-0.4, -0.2) is 19.6 Å². The van der Waals surface area contributed by atoms with Crippen molar-refractivity contribution in [2.45, 2.75) is 0 Å². The number of carbonyl (C=O) groups excluding carboxylic acids is 1. The monoisotopic (exact) mass is 308 g/mol. The molecule has 1 amide bonds. The third kappa shape index (κ3) is 4.36. The molecule has 2 rings (SSSR count). The Labute approximate surface area is 126 Å². The van der Waals surface area contributed by atoms with Crippen molar-refractivity contribution < 1.29 is 13.9 Å². The predicted octanol–water partition coefficient (Wildman–Crippen LogP) is 3.54. The predicted molar refractivity (Wildman–Crippen MR) is 81.5 cm³/mol. The van der Waals surface area contributed by atoms with E-state index in [0.29, 0.717) is 16.5 Å². The lowest BCUT2D eigenvalue weighted by atomic mass is 10.3. The first-order valence-electron chi connectivity index (χ1n) is 6.21. The molecule has 0 saturated carbocycles. The normalized spacial score (nSPS) is 10.0. The van der Waals surface area contributed by atoms with Gasteiger partial charge in [-0.2, -0.15) is 0 Å². The van der Waals surface area contributed by atoms with Crippen LogP contribution in [0.3, 0.4) is 0 Å². The SMILES string of the molecule is COc1ccc(F)c(NCC(=O)Nc2cccc(Cl)c2)c1. The van der Waals surface area contributed by atoms with E-state index in [0.717, 1.165) is 0 Å². The molecule has 0 bridgehead atoms. The number of amides is 1. The maximum absolute atomic E-state index is 13.6. The first-order chi connectivity index (χ1) is 10.1. The van der Waals surface area contributed by atoms with E-state index in [1.165, 1.54) is 25.3 Å². The number of nitrogens with one attached hydrogen (secondary N) is 2. The molecule has 0 heterocycles. The Morgan fingerprint density at radius 2 is 2.10 bits per heavy atom. The van der Waals surface area contributed by atoms with Gasteiger partial charge >= 0.3 is 0 Å². The van der Waals surface area contributed by atoms with Crippen molar-refractivity contribution >= 4 is 28.9 Å². The maximum Gasteiger partial charge on any atom is 0.243 e. The van der Waals surface area contributed by atoms with Gasteiger partial charge in [0.15, 0.2) is 0 Å². The molecule has 0 spiro atoms. The van der Waals surface area contributed by atoms with E-state index in [2.05, 4.69) is 10.6 Å². The zero-order chi connectivity index (χ0) is 15.2. The summed E-state index contributed by atoms with van der Waals surface area (Å²) in [6.45, 7) is -0.0728. The molecule has 2 N–H and O–H groups in total. The van der Waals surface area contributed by atoms with Crippen LogP contribution in [0.5, 0.6) is 5.75 Å². The molecular weight excluding hydrogens is 295 g/mol. The van der Waals surface area contributed by atoms with Gasteiger partial charge in [-0.15, -0.1) is 0 Å². The summed E-state index contributed by atoms with van der Waals surface area (Å²) < 4.78 is 18.6. The van der Waals surface area contributed by atoms with Crippen molar-refractivity contribution in [3.8, 4) is 5.75 Å². The van der Waals surface area contributed by atoms with E-state index in [1.807, 2.05) is 0 Å². The fourth-order valence-corrected chi connectivity index (χ4v) is 1.90. The number of benzene rings is 2. The van der Waals surface area contributed by atoms with Crippen molar-refractivity contribution in [3.63, 3.8) is 0 Å². The summed E-state index contributed by atoms with van der Waals surface area (Å²) in [5.41, 5.74) is 0.788. The molecule has 4 nitrogen and oxygen atoms in total. The fourth-order valence-electron chi connectivity index (χ4n) is 1.71. The molecule has 0 aliphatic carbocycles. The van der Waals surface area contributed by atoms with Crippen LogP contribution in [0.15, 0.2) is 42.5 Å². The van der Waals surface area contributed by atoms with Crippen LogP contribution >= 0.6 is 11.6 Å². The lowest BCUT2D eigenvalue weighted by molar-refractivity contribution is -0.114. The van der Waals surface area contributed by atoms with Gasteiger partial charge in [-0.3, -0.25) is 4.79 Å². The minimum absolute atomic E-state index is 0.0728. The second-order valence-corrected chi connectivity index (χ2v) is 4.69. The van der Waals surface area contributed by atoms with Gasteiger partial charge in [0.05, 0.1) is 19.3 Å². The van der Waals surface area contributed by atoms with Crippen molar-refractivity contribution in [1.29, 1.82) is 0 Å². The molecule has 6 heteroatoms. The molecule has 0 aliphatic rings. The van der Waals surface area contributed by atoms with Gasteiger partial charge in [-0.05, 0) is 30.3 Å². The second kappa shape index (κ2) is 6.95. The zero-order valence-corrected chi connectivity index (χ0v) is 12.1. The summed E-state index contributed by atoms with van der Waals surface area (Å²) in [4.78, 5) is 11.8. The van der Waals surface area contributed by atoms with Crippen LogP contribution in [0.1, 0.15) is 0 Å². The van der Waals surface area contributed by atoms with Crippen molar-refractivity contribution in [1.82, 2.24) is 0 Å². The van der Waals surface area contributed by atoms with Crippen LogP contribution in [0.25, 0.3) is 0 Å². The fraction of sp³-hybridized carbons (Fsp3) is 0.133. The van der Waals surface area contributed by atoms with Gasteiger partial charge < -0.3 is 15.4 Å². The molecular formula is C15H14ClFN2O2. The van der Waals surface area contributed by atoms with Gasteiger partial charge in [-0.1, -0.05) is 17.7 Å². The summed E-state index contributed by atoms with van der Waals surface area (Å²) in [5, 5.41) is 5.91. The maximum atomic E-state index is 13.6. The topological polar surface area (TPSA) is 50.4 Å².